The van der Waals surface area contributed by atoms with Gasteiger partial charge in [-0.15, -0.1) is 0 Å². The summed E-state index contributed by atoms with van der Waals surface area (Å²) in [6.45, 7) is 13.2. The summed E-state index contributed by atoms with van der Waals surface area (Å²) in [6, 6.07) is 10.5. The van der Waals surface area contributed by atoms with Crippen LogP contribution in [0.4, 0.5) is 0 Å². The molecule has 0 aromatic heterocycles. The number of aryl methyl sites for hydroxylation is 2. The number of nitrogens with one attached hydrogen (secondary N) is 1. The Morgan fingerprint density at radius 2 is 1.42 bits per heavy atom. The van der Waals surface area contributed by atoms with Gasteiger partial charge in [0, 0.05) is 6.92 Å². The van der Waals surface area contributed by atoms with Crippen LogP contribution in [0, 0.1) is 0 Å². The monoisotopic (exact) mass is 523 g/mol. The Kier molecular flexibility index (Phi) is 12.5. The first-order chi connectivity index (χ1) is 18.2. The molecule has 0 aliphatic heterocycles. The van der Waals surface area contributed by atoms with E-state index in [9.17, 15) is 14.4 Å². The summed E-state index contributed by atoms with van der Waals surface area (Å²) >= 11 is 0. The molecule has 2 aromatic rings. The standard InChI is InChI=1S/C32H45NO5/c1-7-10-11-12-13-14-17-25-22-29(23(4)5)28(27-19-16-15-18-26(25)27)20-21-32(33-24(6)34,30(35)37-8-2)31(36)38-9-3/h15-16,18-19,22H,4,7-14,17,20-21H2,1-3,5-6H3,(H,33,34). The number of ether oxygens (including phenoxy) is 2. The van der Waals surface area contributed by atoms with Gasteiger partial charge >= 0.3 is 11.9 Å². The van der Waals surface area contributed by atoms with Crippen molar-refractivity contribution in [2.45, 2.75) is 97.9 Å². The fraction of sp³-hybridized carbons (Fsp3) is 0.531. The van der Waals surface area contributed by atoms with Crippen LogP contribution in [0.5, 0.6) is 0 Å². The summed E-state index contributed by atoms with van der Waals surface area (Å²) in [5.41, 5.74) is 2.26. The van der Waals surface area contributed by atoms with Crippen molar-refractivity contribution in [3.63, 3.8) is 0 Å². The van der Waals surface area contributed by atoms with E-state index in [4.69, 9.17) is 9.47 Å². The van der Waals surface area contributed by atoms with Crippen molar-refractivity contribution in [3.8, 4) is 0 Å². The predicted octanol–water partition coefficient (Wildman–Crippen LogP) is 6.71. The lowest BCUT2D eigenvalue weighted by Gasteiger charge is -2.30. The van der Waals surface area contributed by atoms with E-state index >= 15 is 0 Å². The highest BCUT2D eigenvalue weighted by Gasteiger charge is 2.49. The van der Waals surface area contributed by atoms with Gasteiger partial charge in [-0.1, -0.05) is 81.5 Å². The minimum absolute atomic E-state index is 0.00525. The molecule has 0 aliphatic carbocycles. The Labute approximate surface area is 228 Å². The molecule has 0 unspecified atom stereocenters. The molecule has 208 valence electrons. The lowest BCUT2D eigenvalue weighted by molar-refractivity contribution is -0.168. The molecule has 1 amide bonds. The Hall–Kier alpha value is -3.15. The summed E-state index contributed by atoms with van der Waals surface area (Å²) < 4.78 is 10.5. The first-order valence-corrected chi connectivity index (χ1v) is 14.0. The summed E-state index contributed by atoms with van der Waals surface area (Å²) in [5.74, 6) is -2.13. The van der Waals surface area contributed by atoms with Crippen LogP contribution in [0.3, 0.4) is 0 Å². The number of esters is 2. The topological polar surface area (TPSA) is 81.7 Å². The number of fused-ring (bicyclic) bond motifs is 1. The summed E-state index contributed by atoms with van der Waals surface area (Å²) in [7, 11) is 0. The smallest absolute Gasteiger partial charge is 0.343 e. The number of allylic oxidation sites excluding steroid dienone is 1. The molecular weight excluding hydrogens is 478 g/mol. The van der Waals surface area contributed by atoms with E-state index in [0.29, 0.717) is 6.42 Å². The first-order valence-electron chi connectivity index (χ1n) is 14.0. The molecule has 2 aromatic carbocycles. The van der Waals surface area contributed by atoms with Crippen molar-refractivity contribution in [1.29, 1.82) is 0 Å². The number of carbonyl (C=O) groups excluding carboxylic acids is 3. The van der Waals surface area contributed by atoms with Crippen molar-refractivity contribution < 1.29 is 23.9 Å². The molecule has 0 heterocycles. The molecule has 0 saturated heterocycles. The molecule has 0 spiro atoms. The Morgan fingerprint density at radius 3 is 1.97 bits per heavy atom. The number of unbranched alkanes of at least 4 members (excludes halogenated alkanes) is 5. The predicted molar refractivity (Wildman–Crippen MR) is 154 cm³/mol. The van der Waals surface area contributed by atoms with Crippen LogP contribution in [0.2, 0.25) is 0 Å². The third kappa shape index (κ3) is 7.92. The van der Waals surface area contributed by atoms with Crippen LogP contribution < -0.4 is 5.32 Å². The van der Waals surface area contributed by atoms with Gasteiger partial charge in [-0.05, 0) is 73.9 Å². The maximum atomic E-state index is 13.1. The van der Waals surface area contributed by atoms with Gasteiger partial charge in [0.1, 0.15) is 0 Å². The molecule has 38 heavy (non-hydrogen) atoms. The Morgan fingerprint density at radius 1 is 0.842 bits per heavy atom. The SMILES string of the molecule is C=C(C)c1cc(CCCCCCCC)c2ccccc2c1CCC(NC(C)=O)(C(=O)OCC)C(=O)OCC. The quantitative estimate of drug-likeness (QED) is 0.150. The maximum Gasteiger partial charge on any atom is 0.343 e. The lowest BCUT2D eigenvalue weighted by Crippen LogP contribution is -2.61. The number of rotatable bonds is 16. The zero-order valence-corrected chi connectivity index (χ0v) is 23.9. The van der Waals surface area contributed by atoms with Crippen LogP contribution in [-0.4, -0.2) is 36.6 Å². The van der Waals surface area contributed by atoms with Gasteiger partial charge in [0.25, 0.3) is 0 Å². The van der Waals surface area contributed by atoms with E-state index in [1.54, 1.807) is 13.8 Å². The van der Waals surface area contributed by atoms with Crippen molar-refractivity contribution in [1.82, 2.24) is 5.32 Å². The van der Waals surface area contributed by atoms with Gasteiger partial charge in [-0.2, -0.15) is 0 Å². The van der Waals surface area contributed by atoms with Gasteiger partial charge in [-0.3, -0.25) is 4.79 Å². The largest absolute Gasteiger partial charge is 0.464 e. The number of benzene rings is 2. The third-order valence-corrected chi connectivity index (χ3v) is 6.89. The minimum Gasteiger partial charge on any atom is -0.464 e. The van der Waals surface area contributed by atoms with Gasteiger partial charge in [0.15, 0.2) is 0 Å². The molecule has 0 atom stereocenters. The fourth-order valence-corrected chi connectivity index (χ4v) is 5.04. The highest BCUT2D eigenvalue weighted by Crippen LogP contribution is 2.33. The number of hydrogen-bond donors (Lipinski definition) is 1. The highest BCUT2D eigenvalue weighted by molar-refractivity contribution is 6.07. The van der Waals surface area contributed by atoms with Crippen LogP contribution in [0.25, 0.3) is 16.3 Å². The van der Waals surface area contributed by atoms with Crippen molar-refractivity contribution >= 4 is 34.2 Å². The Bertz CT molecular complexity index is 1100. The van der Waals surface area contributed by atoms with Crippen LogP contribution in [0.1, 0.15) is 96.3 Å². The summed E-state index contributed by atoms with van der Waals surface area (Å²) in [5, 5.41) is 4.81. The minimum atomic E-state index is -1.93. The zero-order chi connectivity index (χ0) is 28.1. The van der Waals surface area contributed by atoms with Crippen molar-refractivity contribution in [2.24, 2.45) is 0 Å². The number of carbonyl (C=O) groups is 3. The van der Waals surface area contributed by atoms with Crippen molar-refractivity contribution in [2.75, 3.05) is 13.2 Å². The highest BCUT2D eigenvalue weighted by atomic mass is 16.6. The van der Waals surface area contributed by atoms with E-state index < -0.39 is 23.4 Å². The fourth-order valence-electron chi connectivity index (χ4n) is 5.04. The van der Waals surface area contributed by atoms with E-state index in [1.807, 2.05) is 19.1 Å². The molecule has 6 heteroatoms. The average Bonchev–Trinajstić information content (AvgIpc) is 2.88. The van der Waals surface area contributed by atoms with Crippen LogP contribution in [-0.2, 0) is 36.7 Å². The van der Waals surface area contributed by atoms with Crippen molar-refractivity contribution in [3.05, 3.63) is 53.6 Å². The molecule has 0 aliphatic rings. The third-order valence-electron chi connectivity index (χ3n) is 6.89. The summed E-state index contributed by atoms with van der Waals surface area (Å²) in [6.07, 6.45) is 8.72. The van der Waals surface area contributed by atoms with E-state index in [2.05, 4.69) is 37.0 Å². The molecular formula is C32H45NO5. The molecule has 6 nitrogen and oxygen atoms in total. The average molecular weight is 524 g/mol. The molecule has 0 fully saturated rings. The zero-order valence-electron chi connectivity index (χ0n) is 23.9. The second-order valence-corrected chi connectivity index (χ2v) is 9.93. The first kappa shape index (κ1) is 31.1. The van der Waals surface area contributed by atoms with Gasteiger partial charge < -0.3 is 14.8 Å². The molecule has 0 radical (unpaired) electrons. The van der Waals surface area contributed by atoms with Crippen LogP contribution in [0.15, 0.2) is 36.9 Å². The summed E-state index contributed by atoms with van der Waals surface area (Å²) in [4.78, 5) is 38.4. The second-order valence-electron chi connectivity index (χ2n) is 9.93. The molecule has 0 saturated carbocycles. The Balaban J connectivity index is 2.50. The van der Waals surface area contributed by atoms with E-state index in [0.717, 1.165) is 34.9 Å². The molecule has 2 rings (SSSR count). The van der Waals surface area contributed by atoms with E-state index in [-0.39, 0.29) is 19.6 Å². The van der Waals surface area contributed by atoms with E-state index in [1.165, 1.54) is 50.0 Å². The van der Waals surface area contributed by atoms with Gasteiger partial charge in [0.2, 0.25) is 11.4 Å². The number of amides is 1. The second kappa shape index (κ2) is 15.3. The lowest BCUT2D eigenvalue weighted by atomic mass is 9.84. The number of hydrogen-bond acceptors (Lipinski definition) is 5. The van der Waals surface area contributed by atoms with Gasteiger partial charge in [-0.25, -0.2) is 9.59 Å². The van der Waals surface area contributed by atoms with Gasteiger partial charge in [0.05, 0.1) is 13.2 Å². The normalized spacial score (nSPS) is 11.3. The molecule has 0 bridgehead atoms. The maximum absolute atomic E-state index is 13.1. The molecule has 1 N–H and O–H groups in total. The van der Waals surface area contributed by atoms with Crippen LogP contribution >= 0.6 is 0 Å².